The normalized spacial score (nSPS) is 20.9. The van der Waals surface area contributed by atoms with Crippen LogP contribution < -0.4 is 15.1 Å². The molecule has 1 spiro atoms. The smallest absolute Gasteiger partial charge is 0.259 e. The van der Waals surface area contributed by atoms with Gasteiger partial charge in [-0.3, -0.25) is 29.5 Å². The van der Waals surface area contributed by atoms with Gasteiger partial charge < -0.3 is 4.90 Å². The monoisotopic (exact) mass is 588 g/mol. The van der Waals surface area contributed by atoms with Crippen molar-refractivity contribution in [2.75, 3.05) is 29.4 Å². The molecule has 7 nitrogen and oxygen atoms in total. The number of piperazine rings is 1. The van der Waals surface area contributed by atoms with Crippen molar-refractivity contribution in [3.8, 4) is 0 Å². The molecule has 2 saturated heterocycles. The third kappa shape index (κ3) is 4.47. The second-order valence-corrected chi connectivity index (χ2v) is 12.6. The van der Waals surface area contributed by atoms with E-state index in [1.54, 1.807) is 17.0 Å². The Morgan fingerprint density at radius 1 is 0.841 bits per heavy atom. The van der Waals surface area contributed by atoms with Gasteiger partial charge in [-0.1, -0.05) is 54.6 Å². The Hall–Kier alpha value is -4.56. The molecule has 4 aliphatic rings. The largest absolute Gasteiger partial charge is 0.366 e. The molecule has 8 rings (SSSR count). The second-order valence-electron chi connectivity index (χ2n) is 12.6. The van der Waals surface area contributed by atoms with Gasteiger partial charge in [-0.05, 0) is 72.0 Å². The van der Waals surface area contributed by atoms with Gasteiger partial charge in [0, 0.05) is 49.1 Å². The van der Waals surface area contributed by atoms with E-state index in [-0.39, 0.29) is 29.6 Å². The lowest BCUT2D eigenvalue weighted by Crippen LogP contribution is -2.54. The average molecular weight is 589 g/mol. The van der Waals surface area contributed by atoms with Crippen molar-refractivity contribution in [2.45, 2.75) is 50.2 Å². The van der Waals surface area contributed by atoms with Crippen LogP contribution in [-0.4, -0.2) is 53.8 Å². The third-order valence-corrected chi connectivity index (χ3v) is 9.95. The summed E-state index contributed by atoms with van der Waals surface area (Å²) in [6.07, 6.45) is 3.55. The van der Waals surface area contributed by atoms with E-state index in [9.17, 15) is 18.8 Å². The summed E-state index contributed by atoms with van der Waals surface area (Å²) in [5.74, 6) is -1.05. The Morgan fingerprint density at radius 2 is 1.64 bits per heavy atom. The molecule has 0 radical (unpaired) electrons. The third-order valence-electron chi connectivity index (χ3n) is 9.95. The van der Waals surface area contributed by atoms with Crippen LogP contribution in [0.15, 0.2) is 78.9 Å². The van der Waals surface area contributed by atoms with Gasteiger partial charge in [0.1, 0.15) is 11.9 Å². The highest BCUT2D eigenvalue weighted by Crippen LogP contribution is 2.46. The van der Waals surface area contributed by atoms with E-state index >= 15 is 0 Å². The predicted octanol–water partition coefficient (Wildman–Crippen LogP) is 5.19. The second kappa shape index (κ2) is 10.3. The number of carbonyl (C=O) groups is 3. The van der Waals surface area contributed by atoms with Crippen LogP contribution in [0, 0.1) is 5.82 Å². The number of benzene rings is 4. The average Bonchev–Trinajstić information content (AvgIpc) is 3.74. The van der Waals surface area contributed by atoms with Crippen LogP contribution in [0.2, 0.25) is 0 Å². The van der Waals surface area contributed by atoms with Crippen molar-refractivity contribution >= 4 is 39.9 Å². The van der Waals surface area contributed by atoms with Crippen molar-refractivity contribution in [1.29, 1.82) is 0 Å². The van der Waals surface area contributed by atoms with Gasteiger partial charge >= 0.3 is 0 Å². The van der Waals surface area contributed by atoms with Crippen LogP contribution in [0.25, 0.3) is 10.8 Å². The number of nitrogens with zero attached hydrogens (tertiary/aromatic N) is 3. The molecular formula is C36H33FN4O3. The molecule has 8 heteroatoms. The van der Waals surface area contributed by atoms with Crippen LogP contribution in [-0.2, 0) is 22.6 Å². The summed E-state index contributed by atoms with van der Waals surface area (Å²) in [7, 11) is 0. The fourth-order valence-electron chi connectivity index (χ4n) is 7.45. The molecule has 3 aliphatic heterocycles. The van der Waals surface area contributed by atoms with E-state index in [0.29, 0.717) is 17.7 Å². The molecule has 1 atom stereocenters. The number of imide groups is 1. The molecule has 3 fully saturated rings. The van der Waals surface area contributed by atoms with Gasteiger partial charge in [0.05, 0.1) is 11.4 Å². The molecule has 0 bridgehead atoms. The lowest BCUT2D eigenvalue weighted by Gasteiger charge is -2.43. The SMILES string of the molecule is O=C1CCC(N2C(=O)c3cccc4c(Cc5ccc(CN6CCN(c7ccccc7F)CC67CC7)cc5)ccc2c34)C(=O)N1. The molecular weight excluding hydrogens is 555 g/mol. The zero-order chi connectivity index (χ0) is 30.0. The number of rotatable bonds is 6. The first kappa shape index (κ1) is 27.0. The molecule has 1 N–H and O–H groups in total. The fourth-order valence-corrected chi connectivity index (χ4v) is 7.45. The van der Waals surface area contributed by atoms with E-state index in [1.807, 2.05) is 36.4 Å². The van der Waals surface area contributed by atoms with Gasteiger partial charge in [-0.15, -0.1) is 0 Å². The lowest BCUT2D eigenvalue weighted by atomic mass is 9.95. The van der Waals surface area contributed by atoms with Gasteiger partial charge in [0.15, 0.2) is 0 Å². The number of hydrogen-bond donors (Lipinski definition) is 1. The van der Waals surface area contributed by atoms with E-state index < -0.39 is 11.9 Å². The van der Waals surface area contributed by atoms with Crippen LogP contribution in [0.3, 0.4) is 0 Å². The summed E-state index contributed by atoms with van der Waals surface area (Å²) >= 11 is 0. The minimum absolute atomic E-state index is 0.128. The van der Waals surface area contributed by atoms with E-state index in [1.165, 1.54) is 11.1 Å². The quantitative estimate of drug-likeness (QED) is 0.314. The summed E-state index contributed by atoms with van der Waals surface area (Å²) < 4.78 is 14.5. The van der Waals surface area contributed by atoms with Gasteiger partial charge in [0.25, 0.3) is 5.91 Å². The number of nitrogens with one attached hydrogen (secondary N) is 1. The molecule has 3 amide bonds. The van der Waals surface area contributed by atoms with Crippen LogP contribution in [0.1, 0.15) is 52.7 Å². The van der Waals surface area contributed by atoms with Gasteiger partial charge in [-0.25, -0.2) is 4.39 Å². The Morgan fingerprint density at radius 3 is 2.41 bits per heavy atom. The summed E-state index contributed by atoms with van der Waals surface area (Å²) in [4.78, 5) is 44.2. The standard InChI is InChI=1S/C36H33FN4O3/c37-28-6-1-2-7-29(28)39-18-19-40(36(22-39)16-17-36)21-24-10-8-23(9-11-24)20-25-12-13-30-33-26(25)4-3-5-27(33)35(44)41(30)31-14-15-32(42)38-34(31)43/h1-13,31H,14-22H2,(H,38,42,43). The topological polar surface area (TPSA) is 73.0 Å². The molecule has 1 aliphatic carbocycles. The number of anilines is 2. The Kier molecular flexibility index (Phi) is 6.31. The number of piperidine rings is 1. The van der Waals surface area contributed by atoms with Gasteiger partial charge in [-0.2, -0.15) is 0 Å². The minimum Gasteiger partial charge on any atom is -0.366 e. The molecule has 0 aromatic heterocycles. The molecule has 4 aromatic carbocycles. The van der Waals surface area contributed by atoms with Crippen molar-refractivity contribution in [2.24, 2.45) is 0 Å². The zero-order valence-corrected chi connectivity index (χ0v) is 24.4. The van der Waals surface area contributed by atoms with E-state index in [2.05, 4.69) is 45.4 Å². The molecule has 3 heterocycles. The number of para-hydroxylation sites is 1. The first-order valence-corrected chi connectivity index (χ1v) is 15.4. The molecule has 44 heavy (non-hydrogen) atoms. The Bertz CT molecular complexity index is 1830. The number of halogens is 1. The number of carbonyl (C=O) groups excluding carboxylic acids is 3. The zero-order valence-electron chi connectivity index (χ0n) is 24.4. The maximum absolute atomic E-state index is 14.5. The molecule has 1 unspecified atom stereocenters. The molecule has 1 saturated carbocycles. The lowest BCUT2D eigenvalue weighted by molar-refractivity contribution is -0.134. The van der Waals surface area contributed by atoms with Gasteiger partial charge in [0.2, 0.25) is 11.8 Å². The summed E-state index contributed by atoms with van der Waals surface area (Å²) in [6, 6.07) is 25.0. The van der Waals surface area contributed by atoms with E-state index in [0.717, 1.165) is 67.5 Å². The van der Waals surface area contributed by atoms with E-state index in [4.69, 9.17) is 0 Å². The Balaban J connectivity index is 0.989. The summed E-state index contributed by atoms with van der Waals surface area (Å²) in [5.41, 5.74) is 5.75. The number of amides is 3. The predicted molar refractivity (Wildman–Crippen MR) is 167 cm³/mol. The molecule has 222 valence electrons. The van der Waals surface area contributed by atoms with Crippen molar-refractivity contribution < 1.29 is 18.8 Å². The molecule has 4 aromatic rings. The fraction of sp³-hybridized carbons (Fsp3) is 0.306. The summed E-state index contributed by atoms with van der Waals surface area (Å²) in [5, 5.41) is 4.27. The highest BCUT2D eigenvalue weighted by Gasteiger charge is 2.51. The van der Waals surface area contributed by atoms with Crippen LogP contribution >= 0.6 is 0 Å². The van der Waals surface area contributed by atoms with Crippen molar-refractivity contribution in [3.05, 3.63) is 107 Å². The first-order valence-electron chi connectivity index (χ1n) is 15.4. The Labute approximate surface area is 255 Å². The van der Waals surface area contributed by atoms with Crippen molar-refractivity contribution in [1.82, 2.24) is 10.2 Å². The van der Waals surface area contributed by atoms with Crippen LogP contribution in [0.5, 0.6) is 0 Å². The summed E-state index contributed by atoms with van der Waals surface area (Å²) in [6.45, 7) is 3.46. The highest BCUT2D eigenvalue weighted by atomic mass is 19.1. The van der Waals surface area contributed by atoms with Crippen LogP contribution in [0.4, 0.5) is 15.8 Å². The van der Waals surface area contributed by atoms with Crippen molar-refractivity contribution in [3.63, 3.8) is 0 Å². The maximum Gasteiger partial charge on any atom is 0.259 e. The number of hydrogen-bond acceptors (Lipinski definition) is 5. The maximum atomic E-state index is 14.5. The minimum atomic E-state index is -0.688. The first-order chi connectivity index (χ1) is 21.4. The highest BCUT2D eigenvalue weighted by molar-refractivity contribution is 6.27.